The van der Waals surface area contributed by atoms with Crippen LogP contribution in [0.3, 0.4) is 0 Å². The van der Waals surface area contributed by atoms with Crippen molar-refractivity contribution in [3.63, 3.8) is 0 Å². The highest BCUT2D eigenvalue weighted by Crippen LogP contribution is 2.29. The van der Waals surface area contributed by atoms with E-state index in [2.05, 4.69) is 45.0 Å². The molecule has 102 valence electrons. The van der Waals surface area contributed by atoms with E-state index in [1.165, 1.54) is 0 Å². The first kappa shape index (κ1) is 13.6. The van der Waals surface area contributed by atoms with Gasteiger partial charge in [0.05, 0.1) is 11.1 Å². The Morgan fingerprint density at radius 3 is 2.85 bits per heavy atom. The van der Waals surface area contributed by atoms with Gasteiger partial charge in [0.15, 0.2) is 5.65 Å². The Morgan fingerprint density at radius 1 is 1.30 bits per heavy atom. The number of nitrogens with zero attached hydrogens (tertiary/aromatic N) is 3. The van der Waals surface area contributed by atoms with Gasteiger partial charge in [-0.05, 0) is 43.7 Å². The molecule has 0 saturated carbocycles. The van der Waals surface area contributed by atoms with E-state index < -0.39 is 0 Å². The fourth-order valence-corrected chi connectivity index (χ4v) is 2.75. The Hall–Kier alpha value is -1.39. The van der Waals surface area contributed by atoms with Gasteiger partial charge in [-0.15, -0.1) is 11.6 Å². The summed E-state index contributed by atoms with van der Waals surface area (Å²) in [5.41, 5.74) is 3.88. The Labute approximate surface area is 130 Å². The second-order valence-electron chi connectivity index (χ2n) is 4.70. The van der Waals surface area contributed by atoms with E-state index >= 15 is 0 Å². The van der Waals surface area contributed by atoms with Crippen molar-refractivity contribution in [3.05, 3.63) is 52.4 Å². The van der Waals surface area contributed by atoms with Gasteiger partial charge in [0, 0.05) is 10.7 Å². The minimum atomic E-state index is -0.192. The Balaban J connectivity index is 2.39. The van der Waals surface area contributed by atoms with E-state index in [1.54, 1.807) is 6.20 Å². The molecular formula is C15H13BrClN3. The molecule has 3 rings (SSSR count). The fourth-order valence-electron chi connectivity index (χ4n) is 2.26. The number of alkyl halides is 1. The average Bonchev–Trinajstić information content (AvgIpc) is 2.81. The van der Waals surface area contributed by atoms with E-state index in [-0.39, 0.29) is 5.38 Å². The van der Waals surface area contributed by atoms with Crippen LogP contribution in [0, 0.1) is 6.92 Å². The third kappa shape index (κ3) is 2.23. The second-order valence-corrected chi connectivity index (χ2v) is 6.27. The van der Waals surface area contributed by atoms with E-state index in [0.29, 0.717) is 0 Å². The number of benzene rings is 1. The van der Waals surface area contributed by atoms with Gasteiger partial charge in [-0.1, -0.05) is 22.0 Å². The number of pyridine rings is 1. The van der Waals surface area contributed by atoms with Crippen molar-refractivity contribution in [1.82, 2.24) is 14.5 Å². The lowest BCUT2D eigenvalue weighted by molar-refractivity contribution is 0.872. The molecular weight excluding hydrogens is 338 g/mol. The molecule has 0 amide bonds. The molecule has 0 bridgehead atoms. The lowest BCUT2D eigenvalue weighted by Gasteiger charge is -2.13. The summed E-state index contributed by atoms with van der Waals surface area (Å²) < 4.78 is 3.05. The van der Waals surface area contributed by atoms with Crippen molar-refractivity contribution < 1.29 is 0 Å². The highest BCUT2D eigenvalue weighted by Gasteiger charge is 2.18. The minimum absolute atomic E-state index is 0.192. The zero-order valence-corrected chi connectivity index (χ0v) is 13.5. The second kappa shape index (κ2) is 5.19. The van der Waals surface area contributed by atoms with Crippen molar-refractivity contribution in [2.75, 3.05) is 0 Å². The number of hydrogen-bond donors (Lipinski definition) is 0. The molecule has 0 fully saturated rings. The van der Waals surface area contributed by atoms with Crippen molar-refractivity contribution in [2.45, 2.75) is 19.2 Å². The lowest BCUT2D eigenvalue weighted by atomic mass is 10.2. The third-order valence-corrected chi connectivity index (χ3v) is 3.90. The first-order valence-electron chi connectivity index (χ1n) is 6.32. The first-order valence-corrected chi connectivity index (χ1v) is 7.55. The molecule has 20 heavy (non-hydrogen) atoms. The van der Waals surface area contributed by atoms with E-state index in [4.69, 9.17) is 11.6 Å². The van der Waals surface area contributed by atoms with Gasteiger partial charge in [0.1, 0.15) is 11.3 Å². The van der Waals surface area contributed by atoms with E-state index in [9.17, 15) is 0 Å². The summed E-state index contributed by atoms with van der Waals surface area (Å²) in [6.45, 7) is 3.99. The average molecular weight is 351 g/mol. The smallest absolute Gasteiger partial charge is 0.164 e. The molecule has 0 aliphatic heterocycles. The van der Waals surface area contributed by atoms with Crippen LogP contribution < -0.4 is 0 Å². The Kier molecular flexibility index (Phi) is 3.52. The molecule has 1 unspecified atom stereocenters. The van der Waals surface area contributed by atoms with Crippen LogP contribution >= 0.6 is 27.5 Å². The summed E-state index contributed by atoms with van der Waals surface area (Å²) in [7, 11) is 0. The predicted molar refractivity (Wildman–Crippen MR) is 85.6 cm³/mol. The molecule has 0 spiro atoms. The molecule has 1 aromatic carbocycles. The molecule has 0 aliphatic carbocycles. The van der Waals surface area contributed by atoms with Crippen LogP contribution in [0.4, 0.5) is 0 Å². The van der Waals surface area contributed by atoms with Crippen LogP contribution in [0.15, 0.2) is 41.0 Å². The van der Waals surface area contributed by atoms with Crippen molar-refractivity contribution in [2.24, 2.45) is 0 Å². The molecule has 3 aromatic rings. The van der Waals surface area contributed by atoms with Crippen LogP contribution in [-0.2, 0) is 0 Å². The van der Waals surface area contributed by atoms with E-state index in [0.717, 1.165) is 32.7 Å². The molecule has 0 aliphatic rings. The molecule has 2 heterocycles. The largest absolute Gasteiger partial charge is 0.279 e. The van der Waals surface area contributed by atoms with Gasteiger partial charge in [0.2, 0.25) is 0 Å². The molecule has 1 atom stereocenters. The molecule has 2 aromatic heterocycles. The quantitative estimate of drug-likeness (QED) is 0.622. The minimum Gasteiger partial charge on any atom is -0.279 e. The lowest BCUT2D eigenvalue weighted by Crippen LogP contribution is -2.04. The number of aromatic nitrogens is 3. The van der Waals surface area contributed by atoms with Gasteiger partial charge in [-0.3, -0.25) is 4.57 Å². The highest BCUT2D eigenvalue weighted by molar-refractivity contribution is 9.10. The maximum absolute atomic E-state index is 6.30. The zero-order valence-electron chi connectivity index (χ0n) is 11.1. The van der Waals surface area contributed by atoms with Crippen molar-refractivity contribution in [3.8, 4) is 5.69 Å². The van der Waals surface area contributed by atoms with Crippen molar-refractivity contribution >= 4 is 38.7 Å². The summed E-state index contributed by atoms with van der Waals surface area (Å²) in [5, 5.41) is -0.192. The van der Waals surface area contributed by atoms with Gasteiger partial charge < -0.3 is 0 Å². The third-order valence-electron chi connectivity index (χ3n) is 3.21. The molecule has 0 radical (unpaired) electrons. The van der Waals surface area contributed by atoms with Crippen molar-refractivity contribution in [1.29, 1.82) is 0 Å². The Morgan fingerprint density at radius 2 is 2.10 bits per heavy atom. The first-order chi connectivity index (χ1) is 9.58. The molecule has 5 heteroatoms. The normalized spacial score (nSPS) is 12.8. The number of halogens is 2. The SMILES string of the molecule is Cc1ccc(Br)cc1-n1c(C(C)Cl)nc2cccnc21. The zero-order chi connectivity index (χ0) is 14.3. The molecule has 0 N–H and O–H groups in total. The standard InChI is InChI=1S/C15H13BrClN3/c1-9-5-6-11(16)8-13(9)20-14(10(2)17)19-12-4-3-7-18-15(12)20/h3-8,10H,1-2H3. The highest BCUT2D eigenvalue weighted by atomic mass is 79.9. The number of fused-ring (bicyclic) bond motifs is 1. The monoisotopic (exact) mass is 349 g/mol. The van der Waals surface area contributed by atoms with Gasteiger partial charge >= 0.3 is 0 Å². The van der Waals surface area contributed by atoms with Crippen LogP contribution in [-0.4, -0.2) is 14.5 Å². The topological polar surface area (TPSA) is 30.7 Å². The van der Waals surface area contributed by atoms with Gasteiger partial charge in [-0.2, -0.15) is 0 Å². The number of aryl methyl sites for hydroxylation is 1. The fraction of sp³-hybridized carbons (Fsp3) is 0.200. The predicted octanol–water partition coefficient (Wildman–Crippen LogP) is 4.79. The number of imidazole rings is 1. The summed E-state index contributed by atoms with van der Waals surface area (Å²) in [6, 6.07) is 9.99. The summed E-state index contributed by atoms with van der Waals surface area (Å²) >= 11 is 9.82. The number of hydrogen-bond acceptors (Lipinski definition) is 2. The van der Waals surface area contributed by atoms with Gasteiger partial charge in [-0.25, -0.2) is 9.97 Å². The summed E-state index contributed by atoms with van der Waals surface area (Å²) in [5.74, 6) is 0.807. The Bertz CT molecular complexity index is 780. The molecule has 0 saturated heterocycles. The molecule has 3 nitrogen and oxygen atoms in total. The maximum atomic E-state index is 6.30. The summed E-state index contributed by atoms with van der Waals surface area (Å²) in [6.07, 6.45) is 1.77. The van der Waals surface area contributed by atoms with Crippen LogP contribution in [0.5, 0.6) is 0 Å². The maximum Gasteiger partial charge on any atom is 0.164 e. The van der Waals surface area contributed by atoms with Crippen LogP contribution in [0.2, 0.25) is 0 Å². The van der Waals surface area contributed by atoms with Crippen LogP contribution in [0.25, 0.3) is 16.9 Å². The van der Waals surface area contributed by atoms with Crippen LogP contribution in [0.1, 0.15) is 23.7 Å². The summed E-state index contributed by atoms with van der Waals surface area (Å²) in [4.78, 5) is 9.07. The number of rotatable bonds is 2. The van der Waals surface area contributed by atoms with Gasteiger partial charge in [0.25, 0.3) is 0 Å². The van der Waals surface area contributed by atoms with E-state index in [1.807, 2.05) is 29.7 Å².